The molecule has 104 valence electrons. The van der Waals surface area contributed by atoms with Gasteiger partial charge in [-0.05, 0) is 23.3 Å². The van der Waals surface area contributed by atoms with Crippen LogP contribution in [0.5, 0.6) is 0 Å². The maximum Gasteiger partial charge on any atom is 0.294 e. The van der Waals surface area contributed by atoms with E-state index in [1.165, 1.54) is 12.1 Å². The smallest absolute Gasteiger partial charge is 0.294 e. The summed E-state index contributed by atoms with van der Waals surface area (Å²) >= 11 is 0. The van der Waals surface area contributed by atoms with Crippen LogP contribution in [-0.2, 0) is 16.5 Å². The molecule has 0 aliphatic rings. The van der Waals surface area contributed by atoms with Crippen molar-refractivity contribution >= 4 is 21.9 Å². The van der Waals surface area contributed by atoms with E-state index >= 15 is 0 Å². The molecule has 2 aromatic carbocycles. The highest BCUT2D eigenvalue weighted by atomic mass is 32.2. The van der Waals surface area contributed by atoms with Gasteiger partial charge in [0.1, 0.15) is 0 Å². The van der Waals surface area contributed by atoms with Gasteiger partial charge >= 0.3 is 0 Å². The molecule has 20 heavy (non-hydrogen) atoms. The van der Waals surface area contributed by atoms with Crippen LogP contribution in [0.25, 0.3) is 6.08 Å². The molecule has 3 N–H and O–H groups in total. The van der Waals surface area contributed by atoms with Gasteiger partial charge in [-0.3, -0.25) is 4.55 Å². The van der Waals surface area contributed by atoms with Crippen LogP contribution in [0.15, 0.2) is 53.9 Å². The van der Waals surface area contributed by atoms with Gasteiger partial charge in [-0.1, -0.05) is 43.0 Å². The van der Waals surface area contributed by atoms with E-state index in [4.69, 9.17) is 5.73 Å². The van der Waals surface area contributed by atoms with E-state index < -0.39 is 10.1 Å². The summed E-state index contributed by atoms with van der Waals surface area (Å²) in [6, 6.07) is 11.9. The van der Waals surface area contributed by atoms with Crippen molar-refractivity contribution in [2.75, 3.05) is 5.73 Å². The topological polar surface area (TPSA) is 80.4 Å². The van der Waals surface area contributed by atoms with Gasteiger partial charge in [0, 0.05) is 17.7 Å². The quantitative estimate of drug-likeness (QED) is 0.670. The highest BCUT2D eigenvalue weighted by Gasteiger charge is 2.18. The first-order valence-electron chi connectivity index (χ1n) is 5.98. The summed E-state index contributed by atoms with van der Waals surface area (Å²) in [6.07, 6.45) is 2.01. The molecule has 4 nitrogen and oxygen atoms in total. The molecule has 0 spiro atoms. The Kier molecular flexibility index (Phi) is 3.92. The standard InChI is InChI=1S/C15H15NO3S/c1-2-11-6-3-4-7-12(11)10-13-14(16)8-5-9-15(13)20(17,18)19/h2-9H,1,10,16H2,(H,17,18,19). The molecule has 0 saturated carbocycles. The fraction of sp³-hybridized carbons (Fsp3) is 0.0667. The Balaban J connectivity index is 2.57. The predicted octanol–water partition coefficient (Wildman–Crippen LogP) is 2.75. The molecule has 0 bridgehead atoms. The van der Waals surface area contributed by atoms with Crippen molar-refractivity contribution in [1.82, 2.24) is 0 Å². The van der Waals surface area contributed by atoms with E-state index in [0.29, 0.717) is 17.7 Å². The third-order valence-corrected chi connectivity index (χ3v) is 4.03. The van der Waals surface area contributed by atoms with Gasteiger partial charge in [-0.25, -0.2) is 0 Å². The van der Waals surface area contributed by atoms with Crippen molar-refractivity contribution in [2.24, 2.45) is 0 Å². The highest BCUT2D eigenvalue weighted by Crippen LogP contribution is 2.26. The second-order valence-electron chi connectivity index (χ2n) is 4.38. The molecule has 0 amide bonds. The summed E-state index contributed by atoms with van der Waals surface area (Å²) in [4.78, 5) is -0.156. The second-order valence-corrected chi connectivity index (χ2v) is 5.77. The zero-order valence-corrected chi connectivity index (χ0v) is 11.6. The number of nitrogen functional groups attached to an aromatic ring is 1. The molecule has 0 radical (unpaired) electrons. The number of anilines is 1. The van der Waals surface area contributed by atoms with E-state index in [0.717, 1.165) is 11.1 Å². The zero-order valence-electron chi connectivity index (χ0n) is 10.8. The van der Waals surface area contributed by atoms with Gasteiger partial charge in [0.25, 0.3) is 10.1 Å². The number of benzene rings is 2. The van der Waals surface area contributed by atoms with Gasteiger partial charge in [0.05, 0.1) is 4.90 Å². The minimum atomic E-state index is -4.30. The number of hydrogen-bond donors (Lipinski definition) is 2. The molecule has 0 saturated heterocycles. The first-order chi connectivity index (χ1) is 9.43. The largest absolute Gasteiger partial charge is 0.398 e. The van der Waals surface area contributed by atoms with Gasteiger partial charge < -0.3 is 5.73 Å². The average molecular weight is 289 g/mol. The maximum absolute atomic E-state index is 11.4. The lowest BCUT2D eigenvalue weighted by Crippen LogP contribution is -2.07. The van der Waals surface area contributed by atoms with E-state index in [9.17, 15) is 13.0 Å². The molecule has 5 heteroatoms. The van der Waals surface area contributed by atoms with Crippen LogP contribution in [-0.4, -0.2) is 13.0 Å². The Morgan fingerprint density at radius 1 is 1.15 bits per heavy atom. The normalized spacial score (nSPS) is 11.2. The maximum atomic E-state index is 11.4. The molecule has 0 aromatic heterocycles. The molecular weight excluding hydrogens is 274 g/mol. The van der Waals surface area contributed by atoms with Crippen molar-refractivity contribution in [2.45, 2.75) is 11.3 Å². The summed E-state index contributed by atoms with van der Waals surface area (Å²) in [7, 11) is -4.30. The Labute approximate surface area is 118 Å². The third kappa shape index (κ3) is 2.89. The van der Waals surface area contributed by atoms with Crippen molar-refractivity contribution < 1.29 is 13.0 Å². The monoisotopic (exact) mass is 289 g/mol. The number of nitrogens with two attached hydrogens (primary N) is 1. The lowest BCUT2D eigenvalue weighted by Gasteiger charge is -2.12. The summed E-state index contributed by atoms with van der Waals surface area (Å²) in [5.74, 6) is 0. The fourth-order valence-corrected chi connectivity index (χ4v) is 2.85. The first kappa shape index (κ1) is 14.3. The summed E-state index contributed by atoms with van der Waals surface area (Å²) in [5, 5.41) is 0. The van der Waals surface area contributed by atoms with Crippen LogP contribution in [0.1, 0.15) is 16.7 Å². The Bertz CT molecular complexity index is 751. The minimum Gasteiger partial charge on any atom is -0.398 e. The zero-order chi connectivity index (χ0) is 14.8. The number of rotatable bonds is 4. The van der Waals surface area contributed by atoms with E-state index in [-0.39, 0.29) is 4.90 Å². The minimum absolute atomic E-state index is 0.156. The van der Waals surface area contributed by atoms with E-state index in [2.05, 4.69) is 6.58 Å². The molecule has 0 aliphatic heterocycles. The van der Waals surface area contributed by atoms with Gasteiger partial charge in [0.15, 0.2) is 0 Å². The summed E-state index contributed by atoms with van der Waals surface area (Å²) in [6.45, 7) is 3.73. The lowest BCUT2D eigenvalue weighted by molar-refractivity contribution is 0.482. The van der Waals surface area contributed by atoms with Crippen LogP contribution in [0.4, 0.5) is 5.69 Å². The second kappa shape index (κ2) is 5.48. The first-order valence-corrected chi connectivity index (χ1v) is 7.42. The Morgan fingerprint density at radius 2 is 1.85 bits per heavy atom. The molecule has 0 unspecified atom stereocenters. The molecule has 2 aromatic rings. The Morgan fingerprint density at radius 3 is 2.50 bits per heavy atom. The van der Waals surface area contributed by atoms with Crippen LogP contribution in [0.3, 0.4) is 0 Å². The summed E-state index contributed by atoms with van der Waals surface area (Å²) < 4.78 is 32.2. The van der Waals surface area contributed by atoms with Gasteiger partial charge in [-0.15, -0.1) is 0 Å². The van der Waals surface area contributed by atoms with Gasteiger partial charge in [0.2, 0.25) is 0 Å². The SMILES string of the molecule is C=Cc1ccccc1Cc1c(N)cccc1S(=O)(=O)O. The predicted molar refractivity (Wildman–Crippen MR) is 80.0 cm³/mol. The molecule has 0 atom stereocenters. The Hall–Kier alpha value is -2.11. The molecule has 0 heterocycles. The molecular formula is C15H15NO3S. The molecule has 2 rings (SSSR count). The lowest BCUT2D eigenvalue weighted by atomic mass is 9.99. The fourth-order valence-electron chi connectivity index (χ4n) is 2.10. The van der Waals surface area contributed by atoms with Crippen molar-refractivity contribution in [3.63, 3.8) is 0 Å². The van der Waals surface area contributed by atoms with Crippen LogP contribution < -0.4 is 5.73 Å². The summed E-state index contributed by atoms with van der Waals surface area (Å²) in [5.41, 5.74) is 8.38. The van der Waals surface area contributed by atoms with Crippen molar-refractivity contribution in [3.8, 4) is 0 Å². The number of hydrogen-bond acceptors (Lipinski definition) is 3. The molecule has 0 fully saturated rings. The van der Waals surface area contributed by atoms with E-state index in [1.54, 1.807) is 12.1 Å². The van der Waals surface area contributed by atoms with Crippen LogP contribution >= 0.6 is 0 Å². The highest BCUT2D eigenvalue weighted by molar-refractivity contribution is 7.85. The van der Waals surface area contributed by atoms with Crippen molar-refractivity contribution in [3.05, 3.63) is 65.7 Å². The van der Waals surface area contributed by atoms with E-state index in [1.807, 2.05) is 24.3 Å². The van der Waals surface area contributed by atoms with Crippen molar-refractivity contribution in [1.29, 1.82) is 0 Å². The van der Waals surface area contributed by atoms with Gasteiger partial charge in [-0.2, -0.15) is 8.42 Å². The van der Waals surface area contributed by atoms with Crippen LogP contribution in [0.2, 0.25) is 0 Å². The average Bonchev–Trinajstić information content (AvgIpc) is 2.40. The molecule has 0 aliphatic carbocycles. The third-order valence-electron chi connectivity index (χ3n) is 3.09. The van der Waals surface area contributed by atoms with Crippen LogP contribution in [0, 0.1) is 0 Å².